The van der Waals surface area contributed by atoms with Crippen LogP contribution in [0.1, 0.15) is 19.8 Å². The van der Waals surface area contributed by atoms with Gasteiger partial charge in [-0.25, -0.2) is 0 Å². The van der Waals surface area contributed by atoms with Crippen LogP contribution in [0.15, 0.2) is 12.2 Å². The van der Waals surface area contributed by atoms with E-state index in [9.17, 15) is 4.79 Å². The van der Waals surface area contributed by atoms with Crippen LogP contribution < -0.4 is 5.73 Å². The van der Waals surface area contributed by atoms with E-state index in [1.54, 1.807) is 4.90 Å². The molecule has 0 bridgehead atoms. The Hall–Kier alpha value is -0.830. The van der Waals surface area contributed by atoms with E-state index in [1.165, 1.54) is 0 Å². The van der Waals surface area contributed by atoms with Gasteiger partial charge in [0.15, 0.2) is 0 Å². The molecule has 0 aromatic heterocycles. The van der Waals surface area contributed by atoms with Crippen molar-refractivity contribution >= 4 is 5.91 Å². The van der Waals surface area contributed by atoms with Gasteiger partial charge in [0.05, 0.1) is 5.92 Å². The number of hydrogen-bond donors (Lipinski definition) is 1. The summed E-state index contributed by atoms with van der Waals surface area (Å²) in [6.07, 6.45) is 5.62. The molecule has 3 nitrogen and oxygen atoms in total. The monoisotopic (exact) mass is 182 g/mol. The van der Waals surface area contributed by atoms with Crippen molar-refractivity contribution in [1.82, 2.24) is 4.90 Å². The second kappa shape index (κ2) is 4.42. The first-order chi connectivity index (χ1) is 6.15. The lowest BCUT2D eigenvalue weighted by molar-refractivity contribution is -0.132. The molecule has 2 unspecified atom stereocenters. The van der Waals surface area contributed by atoms with E-state index in [2.05, 4.69) is 6.92 Å². The Morgan fingerprint density at radius 1 is 1.62 bits per heavy atom. The molecule has 1 aliphatic rings. The van der Waals surface area contributed by atoms with Crippen molar-refractivity contribution in [3.05, 3.63) is 12.2 Å². The van der Waals surface area contributed by atoms with Crippen LogP contribution in [0.5, 0.6) is 0 Å². The zero-order chi connectivity index (χ0) is 9.84. The molecule has 0 aromatic rings. The average molecular weight is 182 g/mol. The van der Waals surface area contributed by atoms with E-state index in [-0.39, 0.29) is 17.9 Å². The zero-order valence-corrected chi connectivity index (χ0v) is 8.36. The van der Waals surface area contributed by atoms with Crippen LogP contribution in [0, 0.1) is 5.92 Å². The summed E-state index contributed by atoms with van der Waals surface area (Å²) in [6, 6.07) is 0.0731. The molecule has 0 spiro atoms. The maximum atomic E-state index is 11.7. The Morgan fingerprint density at radius 3 is 2.77 bits per heavy atom. The standard InChI is InChI=1S/C10H18N2O/c1-3-6-12(2)10(13)8-4-5-9(11)7-8/h4-5,8-9H,3,6-7,11H2,1-2H3. The van der Waals surface area contributed by atoms with Crippen molar-refractivity contribution < 1.29 is 4.79 Å². The van der Waals surface area contributed by atoms with Gasteiger partial charge in [0.25, 0.3) is 0 Å². The summed E-state index contributed by atoms with van der Waals surface area (Å²) in [5.74, 6) is 0.220. The SMILES string of the molecule is CCCN(C)C(=O)C1C=CC(N)C1. The molecule has 0 aliphatic heterocycles. The highest BCUT2D eigenvalue weighted by Crippen LogP contribution is 2.18. The third-order valence-electron chi connectivity index (χ3n) is 2.37. The van der Waals surface area contributed by atoms with Gasteiger partial charge >= 0.3 is 0 Å². The lowest BCUT2D eigenvalue weighted by atomic mass is 10.1. The molecule has 1 aliphatic carbocycles. The van der Waals surface area contributed by atoms with Crippen molar-refractivity contribution in [1.29, 1.82) is 0 Å². The van der Waals surface area contributed by atoms with E-state index in [0.717, 1.165) is 19.4 Å². The highest BCUT2D eigenvalue weighted by Gasteiger charge is 2.24. The first kappa shape index (κ1) is 10.3. The summed E-state index contributed by atoms with van der Waals surface area (Å²) in [5, 5.41) is 0. The van der Waals surface area contributed by atoms with Crippen LogP contribution in [0.25, 0.3) is 0 Å². The lowest BCUT2D eigenvalue weighted by Gasteiger charge is -2.19. The van der Waals surface area contributed by atoms with Crippen LogP contribution in [-0.2, 0) is 4.79 Å². The van der Waals surface area contributed by atoms with E-state index in [0.29, 0.717) is 0 Å². The van der Waals surface area contributed by atoms with Crippen LogP contribution in [0.4, 0.5) is 0 Å². The van der Waals surface area contributed by atoms with Gasteiger partial charge in [-0.3, -0.25) is 4.79 Å². The Balaban J connectivity index is 2.44. The van der Waals surface area contributed by atoms with Gasteiger partial charge in [0.2, 0.25) is 5.91 Å². The molecule has 0 saturated heterocycles. The van der Waals surface area contributed by atoms with E-state index in [4.69, 9.17) is 5.73 Å². The Morgan fingerprint density at radius 2 is 2.31 bits per heavy atom. The van der Waals surface area contributed by atoms with Crippen LogP contribution in [0.3, 0.4) is 0 Å². The predicted octanol–water partition coefficient (Wildman–Crippen LogP) is 0.758. The highest BCUT2D eigenvalue weighted by molar-refractivity contribution is 5.80. The number of nitrogens with two attached hydrogens (primary N) is 1. The van der Waals surface area contributed by atoms with Gasteiger partial charge in [0.1, 0.15) is 0 Å². The Bertz CT molecular complexity index is 213. The number of nitrogens with zero attached hydrogens (tertiary/aromatic N) is 1. The molecule has 1 amide bonds. The third-order valence-corrected chi connectivity index (χ3v) is 2.37. The molecule has 2 N–H and O–H groups in total. The fraction of sp³-hybridized carbons (Fsp3) is 0.700. The van der Waals surface area contributed by atoms with Crippen LogP contribution in [0.2, 0.25) is 0 Å². The van der Waals surface area contributed by atoms with Crippen LogP contribution >= 0.6 is 0 Å². The summed E-state index contributed by atoms with van der Waals surface area (Å²) >= 11 is 0. The second-order valence-corrected chi connectivity index (χ2v) is 3.65. The summed E-state index contributed by atoms with van der Waals surface area (Å²) < 4.78 is 0. The molecule has 3 heteroatoms. The Kier molecular flexibility index (Phi) is 3.48. The fourth-order valence-corrected chi connectivity index (χ4v) is 1.64. The smallest absolute Gasteiger partial charge is 0.229 e. The quantitative estimate of drug-likeness (QED) is 0.655. The molecular formula is C10H18N2O. The third kappa shape index (κ3) is 2.56. The van der Waals surface area contributed by atoms with Crippen molar-refractivity contribution in [2.75, 3.05) is 13.6 Å². The molecule has 0 heterocycles. The van der Waals surface area contributed by atoms with Gasteiger partial charge in [-0.05, 0) is 12.8 Å². The van der Waals surface area contributed by atoms with Gasteiger partial charge in [-0.15, -0.1) is 0 Å². The number of amides is 1. The molecule has 0 fully saturated rings. The van der Waals surface area contributed by atoms with Crippen molar-refractivity contribution in [3.63, 3.8) is 0 Å². The zero-order valence-electron chi connectivity index (χ0n) is 8.36. The maximum Gasteiger partial charge on any atom is 0.229 e. The molecule has 0 radical (unpaired) electrons. The minimum absolute atomic E-state index is 0.0200. The minimum atomic E-state index is 0.0200. The molecule has 1 rings (SSSR count). The number of hydrogen-bond acceptors (Lipinski definition) is 2. The van der Waals surface area contributed by atoms with E-state index in [1.807, 2.05) is 19.2 Å². The summed E-state index contributed by atoms with van der Waals surface area (Å²) in [7, 11) is 1.85. The Labute approximate surface area is 79.6 Å². The van der Waals surface area contributed by atoms with E-state index < -0.39 is 0 Å². The minimum Gasteiger partial charge on any atom is -0.345 e. The predicted molar refractivity (Wildman–Crippen MR) is 53.2 cm³/mol. The van der Waals surface area contributed by atoms with E-state index >= 15 is 0 Å². The molecule has 0 aromatic carbocycles. The summed E-state index contributed by atoms with van der Waals surface area (Å²) in [5.41, 5.74) is 5.68. The van der Waals surface area contributed by atoms with Gasteiger partial charge in [-0.1, -0.05) is 19.1 Å². The molecule has 13 heavy (non-hydrogen) atoms. The largest absolute Gasteiger partial charge is 0.345 e. The second-order valence-electron chi connectivity index (χ2n) is 3.65. The summed E-state index contributed by atoms with van der Waals surface area (Å²) in [6.45, 7) is 2.90. The number of carbonyl (C=O) groups is 1. The van der Waals surface area contributed by atoms with Crippen LogP contribution in [-0.4, -0.2) is 30.4 Å². The molecule has 74 valence electrons. The summed E-state index contributed by atoms with van der Waals surface area (Å²) in [4.78, 5) is 13.5. The topological polar surface area (TPSA) is 46.3 Å². The first-order valence-electron chi connectivity index (χ1n) is 4.84. The number of carbonyl (C=O) groups excluding carboxylic acids is 1. The van der Waals surface area contributed by atoms with Crippen molar-refractivity contribution in [2.24, 2.45) is 11.7 Å². The molecule has 0 saturated carbocycles. The van der Waals surface area contributed by atoms with Crippen molar-refractivity contribution in [2.45, 2.75) is 25.8 Å². The number of rotatable bonds is 3. The molecule has 2 atom stereocenters. The first-order valence-corrected chi connectivity index (χ1v) is 4.84. The van der Waals surface area contributed by atoms with Crippen molar-refractivity contribution in [3.8, 4) is 0 Å². The molecular weight excluding hydrogens is 164 g/mol. The average Bonchev–Trinajstić information content (AvgIpc) is 2.51. The van der Waals surface area contributed by atoms with Gasteiger partial charge < -0.3 is 10.6 Å². The maximum absolute atomic E-state index is 11.7. The fourth-order valence-electron chi connectivity index (χ4n) is 1.64. The lowest BCUT2D eigenvalue weighted by Crippen LogP contribution is -2.33. The normalized spacial score (nSPS) is 26.4. The van der Waals surface area contributed by atoms with Gasteiger partial charge in [0, 0.05) is 19.6 Å². The van der Waals surface area contributed by atoms with Gasteiger partial charge in [-0.2, -0.15) is 0 Å². The highest BCUT2D eigenvalue weighted by atomic mass is 16.2.